The molecule has 1 saturated heterocycles. The van der Waals surface area contributed by atoms with Crippen LogP contribution in [0.1, 0.15) is 47.8 Å². The van der Waals surface area contributed by atoms with Gasteiger partial charge in [0.05, 0.1) is 6.61 Å². The molecule has 1 aliphatic rings. The summed E-state index contributed by atoms with van der Waals surface area (Å²) in [6, 6.07) is 1.22. The Bertz CT molecular complexity index is 996. The fourth-order valence-corrected chi connectivity index (χ4v) is 5.84. The van der Waals surface area contributed by atoms with Crippen molar-refractivity contribution in [1.29, 1.82) is 0 Å². The van der Waals surface area contributed by atoms with Crippen molar-refractivity contribution in [2.24, 2.45) is 0 Å². The molecule has 1 fully saturated rings. The number of aromatic amines is 1. The highest BCUT2D eigenvalue weighted by molar-refractivity contribution is 7.32. The average molecular weight is 536 g/mol. The number of nitrogens with zero attached hydrogens (tertiary/aromatic N) is 1. The standard InChI is InChI=1S/C21H39N2O8PSi2/c1-20(2,3)33(7,8)28-13-14-16(30-32(26)27)17(31-34(9,10)21(4,5)6)18(29-14)23-12-11-15(24)22-19(23)25/h11-12,14,16-18H,13H2,1-10H3,(H-,22,24,25,26,27)/p+1/t14-,16-,17-,18-/m1/s1. The molecule has 0 aromatic carbocycles. The van der Waals surface area contributed by atoms with Crippen LogP contribution in [0.3, 0.4) is 0 Å². The van der Waals surface area contributed by atoms with Gasteiger partial charge in [0, 0.05) is 16.8 Å². The fourth-order valence-electron chi connectivity index (χ4n) is 3.07. The molecule has 0 spiro atoms. The van der Waals surface area contributed by atoms with Crippen LogP contribution >= 0.6 is 8.25 Å². The van der Waals surface area contributed by atoms with Crippen LogP contribution in [0.15, 0.2) is 21.9 Å². The zero-order chi connectivity index (χ0) is 26.3. The van der Waals surface area contributed by atoms with Crippen LogP contribution in [0.5, 0.6) is 0 Å². The van der Waals surface area contributed by atoms with Crippen molar-refractivity contribution in [2.75, 3.05) is 6.61 Å². The maximum Gasteiger partial charge on any atom is 0.695 e. The first kappa shape index (κ1) is 29.2. The predicted octanol–water partition coefficient (Wildman–Crippen LogP) is 3.88. The summed E-state index contributed by atoms with van der Waals surface area (Å²) in [6.45, 7) is 20.9. The number of rotatable bonds is 8. The number of aromatic nitrogens is 2. The highest BCUT2D eigenvalue weighted by atomic mass is 31.1. The monoisotopic (exact) mass is 535 g/mol. The molecule has 1 aliphatic heterocycles. The smallest absolute Gasteiger partial charge is 0.414 e. The Labute approximate surface area is 204 Å². The van der Waals surface area contributed by atoms with Gasteiger partial charge >= 0.3 is 13.9 Å². The van der Waals surface area contributed by atoms with Gasteiger partial charge in [0.1, 0.15) is 12.2 Å². The van der Waals surface area contributed by atoms with Gasteiger partial charge < -0.3 is 13.6 Å². The van der Waals surface area contributed by atoms with E-state index in [9.17, 15) is 19.0 Å². The quantitative estimate of drug-likeness (QED) is 0.379. The van der Waals surface area contributed by atoms with Crippen molar-refractivity contribution in [1.82, 2.24) is 9.55 Å². The molecule has 5 atom stereocenters. The summed E-state index contributed by atoms with van der Waals surface area (Å²) >= 11 is 0. The maximum atomic E-state index is 12.6. The molecule has 2 heterocycles. The van der Waals surface area contributed by atoms with Crippen LogP contribution in [-0.4, -0.2) is 56.0 Å². The van der Waals surface area contributed by atoms with E-state index in [2.05, 4.69) is 59.6 Å². The molecule has 0 bridgehead atoms. The molecule has 2 N–H and O–H groups in total. The van der Waals surface area contributed by atoms with Gasteiger partial charge in [-0.15, -0.1) is 9.42 Å². The van der Waals surface area contributed by atoms with E-state index in [1.807, 2.05) is 13.1 Å². The molecule has 1 aromatic rings. The summed E-state index contributed by atoms with van der Waals surface area (Å²) in [5, 5.41) is -0.244. The minimum atomic E-state index is -2.98. The van der Waals surface area contributed by atoms with Gasteiger partial charge in [-0.2, -0.15) is 0 Å². The van der Waals surface area contributed by atoms with E-state index < -0.39 is 60.7 Å². The van der Waals surface area contributed by atoms with Crippen LogP contribution in [-0.2, 0) is 22.7 Å². The molecule has 0 amide bonds. The van der Waals surface area contributed by atoms with E-state index in [4.69, 9.17) is 18.1 Å². The molecular formula is C21H40N2O8PSi2+. The minimum absolute atomic E-state index is 0.0591. The molecule has 13 heteroatoms. The van der Waals surface area contributed by atoms with Gasteiger partial charge in [0.25, 0.3) is 5.56 Å². The molecule has 1 unspecified atom stereocenters. The second-order valence-electron chi connectivity index (χ2n) is 11.8. The lowest BCUT2D eigenvalue weighted by molar-refractivity contribution is -0.0507. The predicted molar refractivity (Wildman–Crippen MR) is 135 cm³/mol. The number of hydrogen-bond acceptors (Lipinski definition) is 7. The lowest BCUT2D eigenvalue weighted by atomic mass is 10.1. The molecule has 194 valence electrons. The van der Waals surface area contributed by atoms with Gasteiger partial charge in [0.2, 0.25) is 0 Å². The van der Waals surface area contributed by atoms with Crippen LogP contribution in [0.2, 0.25) is 36.3 Å². The van der Waals surface area contributed by atoms with E-state index in [1.54, 1.807) is 0 Å². The Balaban J connectivity index is 2.52. The Morgan fingerprint density at radius 2 is 1.62 bits per heavy atom. The van der Waals surface area contributed by atoms with Crippen molar-refractivity contribution in [2.45, 2.75) is 102 Å². The van der Waals surface area contributed by atoms with E-state index in [0.717, 1.165) is 0 Å². The number of ether oxygens (including phenoxy) is 1. The van der Waals surface area contributed by atoms with Gasteiger partial charge in [-0.1, -0.05) is 41.5 Å². The van der Waals surface area contributed by atoms with Crippen molar-refractivity contribution in [3.05, 3.63) is 33.1 Å². The van der Waals surface area contributed by atoms with Crippen molar-refractivity contribution in [3.63, 3.8) is 0 Å². The Morgan fingerprint density at radius 3 is 2.09 bits per heavy atom. The molecule has 34 heavy (non-hydrogen) atoms. The maximum absolute atomic E-state index is 12.6. The topological polar surface area (TPSA) is 129 Å². The van der Waals surface area contributed by atoms with Gasteiger partial charge in [0.15, 0.2) is 29.0 Å². The molecule has 10 nitrogen and oxygen atoms in total. The first-order valence-electron chi connectivity index (χ1n) is 11.4. The second-order valence-corrected chi connectivity index (χ2v) is 22.1. The summed E-state index contributed by atoms with van der Waals surface area (Å²) in [5.74, 6) is 0. The van der Waals surface area contributed by atoms with E-state index in [-0.39, 0.29) is 16.7 Å². The number of H-pyrrole nitrogens is 1. The Hall–Kier alpha value is -0.986. The second kappa shape index (κ2) is 10.2. The third-order valence-corrected chi connectivity index (χ3v) is 16.7. The third kappa shape index (κ3) is 6.61. The normalized spacial score (nSPS) is 25.0. The molecule has 2 rings (SSSR count). The average Bonchev–Trinajstić information content (AvgIpc) is 2.94. The first-order valence-corrected chi connectivity index (χ1v) is 18.3. The summed E-state index contributed by atoms with van der Waals surface area (Å²) < 4.78 is 37.7. The largest absolute Gasteiger partial charge is 0.695 e. The van der Waals surface area contributed by atoms with Crippen LogP contribution in [0.4, 0.5) is 0 Å². The van der Waals surface area contributed by atoms with Crippen molar-refractivity contribution in [3.8, 4) is 0 Å². The Kier molecular flexibility index (Phi) is 8.75. The molecule has 0 aliphatic carbocycles. The van der Waals surface area contributed by atoms with Gasteiger partial charge in [-0.3, -0.25) is 14.3 Å². The van der Waals surface area contributed by atoms with E-state index >= 15 is 0 Å². The van der Waals surface area contributed by atoms with Crippen molar-refractivity contribution < 1.29 is 27.6 Å². The summed E-state index contributed by atoms with van der Waals surface area (Å²) in [4.78, 5) is 36.1. The van der Waals surface area contributed by atoms with Crippen LogP contribution in [0, 0.1) is 0 Å². The lowest BCUT2D eigenvalue weighted by Gasteiger charge is -2.40. The zero-order valence-electron chi connectivity index (χ0n) is 21.9. The Morgan fingerprint density at radius 1 is 1.06 bits per heavy atom. The SMILES string of the molecule is CC(C)(C)[Si](C)(C)OC[C@H]1O[C@@H](n2ccc(=O)[nH]c2=O)[C@H](O[Si](C)(C)C(C)(C)C)[C@@H]1O[P+](=O)O. The van der Waals surface area contributed by atoms with E-state index in [0.29, 0.717) is 0 Å². The fraction of sp³-hybridized carbons (Fsp3) is 0.810. The summed E-state index contributed by atoms with van der Waals surface area (Å²) in [6.07, 6.45) is -2.24. The summed E-state index contributed by atoms with van der Waals surface area (Å²) in [7, 11) is -7.60. The zero-order valence-corrected chi connectivity index (χ0v) is 24.8. The number of hydrogen-bond donors (Lipinski definition) is 2. The minimum Gasteiger partial charge on any atom is -0.414 e. The van der Waals surface area contributed by atoms with Gasteiger partial charge in [-0.25, -0.2) is 4.79 Å². The molecule has 0 saturated carbocycles. The lowest BCUT2D eigenvalue weighted by Crippen LogP contribution is -2.50. The number of nitrogens with one attached hydrogen (secondary N) is 1. The highest BCUT2D eigenvalue weighted by Gasteiger charge is 2.55. The molecular weight excluding hydrogens is 495 g/mol. The van der Waals surface area contributed by atoms with Crippen molar-refractivity contribution >= 4 is 24.9 Å². The first-order chi connectivity index (χ1) is 15.3. The highest BCUT2D eigenvalue weighted by Crippen LogP contribution is 2.44. The third-order valence-electron chi connectivity index (χ3n) is 7.27. The summed E-state index contributed by atoms with van der Waals surface area (Å²) in [5.41, 5.74) is -1.20. The van der Waals surface area contributed by atoms with Gasteiger partial charge in [-0.05, 0) is 36.3 Å². The van der Waals surface area contributed by atoms with E-state index in [1.165, 1.54) is 16.8 Å². The molecule has 1 aromatic heterocycles. The molecule has 0 radical (unpaired) electrons. The van der Waals surface area contributed by atoms with Crippen LogP contribution in [0.25, 0.3) is 0 Å². The van der Waals surface area contributed by atoms with Crippen LogP contribution < -0.4 is 11.2 Å².